The van der Waals surface area contributed by atoms with Crippen molar-refractivity contribution >= 4 is 17.1 Å². The second-order valence-corrected chi connectivity index (χ2v) is 2.86. The van der Waals surface area contributed by atoms with Crippen LogP contribution in [0.1, 0.15) is 5.56 Å². The van der Waals surface area contributed by atoms with Crippen molar-refractivity contribution in [3.8, 4) is 0 Å². The first-order valence-corrected chi connectivity index (χ1v) is 3.75. The van der Waals surface area contributed by atoms with Crippen molar-refractivity contribution in [3.63, 3.8) is 0 Å². The molecule has 0 atom stereocenters. The number of nitrogens with zero attached hydrogens (tertiary/aromatic N) is 2. The summed E-state index contributed by atoms with van der Waals surface area (Å²) in [5, 5.41) is 4.92. The van der Waals surface area contributed by atoms with Gasteiger partial charge in [0.2, 0.25) is 0 Å². The Hall–Kier alpha value is -1.02. The van der Waals surface area contributed by atoms with Crippen LogP contribution in [0.15, 0.2) is 24.5 Å². The number of fused-ring (bicyclic) bond motifs is 1. The lowest BCUT2D eigenvalue weighted by Gasteiger charge is -1.98. The molecular weight excluding hydrogens is 160 g/mol. The normalized spacial score (nSPS) is 10.7. The van der Waals surface area contributed by atoms with E-state index in [1.807, 2.05) is 25.3 Å². The quantitative estimate of drug-likeness (QED) is 0.587. The molecule has 0 fully saturated rings. The molecule has 11 heavy (non-hydrogen) atoms. The van der Waals surface area contributed by atoms with Crippen molar-refractivity contribution in [2.75, 3.05) is 0 Å². The molecule has 2 rings (SSSR count). The van der Waals surface area contributed by atoms with Crippen LogP contribution in [-0.4, -0.2) is 9.61 Å². The number of halogens is 1. The Kier molecular flexibility index (Phi) is 1.36. The SMILES string of the molecule is Cc1cnn2cccc2c1Cl. The average molecular weight is 167 g/mol. The first kappa shape index (κ1) is 6.68. The molecule has 2 aromatic heterocycles. The van der Waals surface area contributed by atoms with Crippen molar-refractivity contribution < 1.29 is 0 Å². The molecule has 56 valence electrons. The van der Waals surface area contributed by atoms with E-state index < -0.39 is 0 Å². The minimum absolute atomic E-state index is 0.782. The zero-order valence-corrected chi connectivity index (χ0v) is 6.84. The standard InChI is InChI=1S/C8H7ClN2/c1-6-5-10-11-4-2-3-7(11)8(6)9/h2-5H,1H3. The topological polar surface area (TPSA) is 17.3 Å². The highest BCUT2D eigenvalue weighted by Crippen LogP contribution is 2.19. The molecule has 0 spiro atoms. The van der Waals surface area contributed by atoms with Crippen LogP contribution >= 0.6 is 11.6 Å². The molecule has 0 aromatic carbocycles. The zero-order valence-electron chi connectivity index (χ0n) is 6.08. The Morgan fingerprint density at radius 3 is 3.18 bits per heavy atom. The van der Waals surface area contributed by atoms with Crippen molar-refractivity contribution in [2.24, 2.45) is 0 Å². The van der Waals surface area contributed by atoms with Crippen LogP contribution in [0.3, 0.4) is 0 Å². The molecule has 0 aliphatic carbocycles. The third-order valence-electron chi connectivity index (χ3n) is 1.68. The van der Waals surface area contributed by atoms with Gasteiger partial charge < -0.3 is 0 Å². The number of aryl methyl sites for hydroxylation is 1. The number of hydrogen-bond donors (Lipinski definition) is 0. The highest BCUT2D eigenvalue weighted by molar-refractivity contribution is 6.34. The number of rotatable bonds is 0. The summed E-state index contributed by atoms with van der Waals surface area (Å²) in [6, 6.07) is 3.87. The lowest BCUT2D eigenvalue weighted by atomic mass is 10.3. The van der Waals surface area contributed by atoms with E-state index in [0.717, 1.165) is 16.1 Å². The van der Waals surface area contributed by atoms with Crippen molar-refractivity contribution in [2.45, 2.75) is 6.92 Å². The smallest absolute Gasteiger partial charge is 0.0835 e. The molecule has 0 aliphatic rings. The summed E-state index contributed by atoms with van der Waals surface area (Å²) in [4.78, 5) is 0. The van der Waals surface area contributed by atoms with Crippen LogP contribution in [0.25, 0.3) is 5.52 Å². The molecule has 0 saturated carbocycles. The highest BCUT2D eigenvalue weighted by atomic mass is 35.5. The molecule has 2 heterocycles. The van der Waals surface area contributed by atoms with Gasteiger partial charge in [-0.05, 0) is 24.6 Å². The monoisotopic (exact) mass is 166 g/mol. The second kappa shape index (κ2) is 2.24. The Balaban J connectivity index is 2.93. The van der Waals surface area contributed by atoms with Crippen molar-refractivity contribution in [1.82, 2.24) is 9.61 Å². The summed E-state index contributed by atoms with van der Waals surface area (Å²) in [6.45, 7) is 1.95. The van der Waals surface area contributed by atoms with Gasteiger partial charge in [-0.15, -0.1) is 0 Å². The summed E-state index contributed by atoms with van der Waals surface area (Å²) < 4.78 is 1.76. The van der Waals surface area contributed by atoms with Gasteiger partial charge in [0.25, 0.3) is 0 Å². The molecule has 3 heteroatoms. The van der Waals surface area contributed by atoms with E-state index in [1.54, 1.807) is 10.7 Å². The van der Waals surface area contributed by atoms with E-state index in [4.69, 9.17) is 11.6 Å². The Morgan fingerprint density at radius 1 is 1.55 bits per heavy atom. The van der Waals surface area contributed by atoms with E-state index in [2.05, 4.69) is 5.10 Å². The molecular formula is C8H7ClN2. The maximum absolute atomic E-state index is 6.01. The van der Waals surface area contributed by atoms with E-state index in [-0.39, 0.29) is 0 Å². The molecule has 0 radical (unpaired) electrons. The van der Waals surface area contributed by atoms with Gasteiger partial charge in [-0.2, -0.15) is 5.10 Å². The predicted octanol–water partition coefficient (Wildman–Crippen LogP) is 2.30. The van der Waals surface area contributed by atoms with Crippen LogP contribution in [0.5, 0.6) is 0 Å². The van der Waals surface area contributed by atoms with Gasteiger partial charge in [0, 0.05) is 6.20 Å². The highest BCUT2D eigenvalue weighted by Gasteiger charge is 2.00. The van der Waals surface area contributed by atoms with Crippen LogP contribution < -0.4 is 0 Å². The van der Waals surface area contributed by atoms with Gasteiger partial charge in [0.1, 0.15) is 0 Å². The van der Waals surface area contributed by atoms with Gasteiger partial charge in [-0.3, -0.25) is 0 Å². The Morgan fingerprint density at radius 2 is 2.36 bits per heavy atom. The third kappa shape index (κ3) is 0.906. The third-order valence-corrected chi connectivity index (χ3v) is 2.17. The van der Waals surface area contributed by atoms with Crippen LogP contribution in [-0.2, 0) is 0 Å². The van der Waals surface area contributed by atoms with Crippen LogP contribution in [0, 0.1) is 6.92 Å². The molecule has 0 N–H and O–H groups in total. The van der Waals surface area contributed by atoms with Crippen molar-refractivity contribution in [3.05, 3.63) is 35.1 Å². The van der Waals surface area contributed by atoms with E-state index in [0.29, 0.717) is 0 Å². The second-order valence-electron chi connectivity index (χ2n) is 2.48. The summed E-state index contributed by atoms with van der Waals surface area (Å²) >= 11 is 6.01. The zero-order chi connectivity index (χ0) is 7.84. The molecule has 2 aromatic rings. The van der Waals surface area contributed by atoms with Crippen molar-refractivity contribution in [1.29, 1.82) is 0 Å². The lowest BCUT2D eigenvalue weighted by Crippen LogP contribution is -1.90. The Bertz CT molecular complexity index is 392. The summed E-state index contributed by atoms with van der Waals surface area (Å²) in [7, 11) is 0. The molecule has 0 amide bonds. The molecule has 2 nitrogen and oxygen atoms in total. The molecule has 0 unspecified atom stereocenters. The fourth-order valence-electron chi connectivity index (χ4n) is 1.05. The summed E-state index contributed by atoms with van der Waals surface area (Å²) in [5.74, 6) is 0. The first-order chi connectivity index (χ1) is 5.29. The van der Waals surface area contributed by atoms with Gasteiger partial charge in [-0.25, -0.2) is 4.52 Å². The van der Waals surface area contributed by atoms with E-state index in [9.17, 15) is 0 Å². The number of aromatic nitrogens is 2. The molecule has 0 aliphatic heterocycles. The molecule has 0 bridgehead atoms. The van der Waals surface area contributed by atoms with Crippen LogP contribution in [0.2, 0.25) is 5.02 Å². The fourth-order valence-corrected chi connectivity index (χ4v) is 1.25. The maximum Gasteiger partial charge on any atom is 0.0835 e. The van der Waals surface area contributed by atoms with E-state index in [1.165, 1.54) is 0 Å². The lowest BCUT2D eigenvalue weighted by molar-refractivity contribution is 0.932. The summed E-state index contributed by atoms with van der Waals surface area (Å²) in [6.07, 6.45) is 3.63. The predicted molar refractivity (Wildman–Crippen MR) is 44.9 cm³/mol. The average Bonchev–Trinajstić information content (AvgIpc) is 2.45. The minimum Gasteiger partial charge on any atom is -0.240 e. The van der Waals surface area contributed by atoms with Gasteiger partial charge in [0.05, 0.1) is 16.7 Å². The Labute approximate surface area is 69.4 Å². The van der Waals surface area contributed by atoms with E-state index >= 15 is 0 Å². The maximum atomic E-state index is 6.01. The minimum atomic E-state index is 0.782. The van der Waals surface area contributed by atoms with Gasteiger partial charge in [0.15, 0.2) is 0 Å². The number of hydrogen-bond acceptors (Lipinski definition) is 1. The molecule has 0 saturated heterocycles. The summed E-state index contributed by atoms with van der Waals surface area (Å²) in [5.41, 5.74) is 1.98. The first-order valence-electron chi connectivity index (χ1n) is 3.37. The van der Waals surface area contributed by atoms with Crippen LogP contribution in [0.4, 0.5) is 0 Å². The van der Waals surface area contributed by atoms with Gasteiger partial charge >= 0.3 is 0 Å². The van der Waals surface area contributed by atoms with Gasteiger partial charge in [-0.1, -0.05) is 11.6 Å². The fraction of sp³-hybridized carbons (Fsp3) is 0.125. The largest absolute Gasteiger partial charge is 0.240 e.